The zero-order valence-corrected chi connectivity index (χ0v) is 13.2. The van der Waals surface area contributed by atoms with Gasteiger partial charge in [0.25, 0.3) is 0 Å². The largest absolute Gasteiger partial charge is 0.380 e. The molecule has 2 N–H and O–H groups in total. The van der Waals surface area contributed by atoms with Gasteiger partial charge in [-0.2, -0.15) is 0 Å². The van der Waals surface area contributed by atoms with E-state index < -0.39 is 0 Å². The van der Waals surface area contributed by atoms with Crippen LogP contribution in [0.3, 0.4) is 0 Å². The lowest BCUT2D eigenvalue weighted by Gasteiger charge is -2.24. The van der Waals surface area contributed by atoms with Crippen molar-refractivity contribution in [2.75, 3.05) is 31.2 Å². The summed E-state index contributed by atoms with van der Waals surface area (Å²) in [5, 5.41) is 0. The van der Waals surface area contributed by atoms with Gasteiger partial charge in [-0.05, 0) is 52.9 Å². The second kappa shape index (κ2) is 7.27. The maximum atomic E-state index is 6.01. The summed E-state index contributed by atoms with van der Waals surface area (Å²) in [6.07, 6.45) is 3.05. The van der Waals surface area contributed by atoms with Crippen molar-refractivity contribution in [2.24, 2.45) is 5.73 Å². The first-order valence-electron chi connectivity index (χ1n) is 7.07. The van der Waals surface area contributed by atoms with Crippen molar-refractivity contribution >= 4 is 21.6 Å². The molecular weight excluding hydrogens is 304 g/mol. The van der Waals surface area contributed by atoms with E-state index in [9.17, 15) is 0 Å². The van der Waals surface area contributed by atoms with Crippen LogP contribution >= 0.6 is 15.9 Å². The SMILES string of the molecule is CCC(N)Cc1ccc(N2CCCOCC2)c(Br)c1. The van der Waals surface area contributed by atoms with Gasteiger partial charge in [-0.3, -0.25) is 0 Å². The van der Waals surface area contributed by atoms with Crippen LogP contribution in [0, 0.1) is 0 Å². The Balaban J connectivity index is 2.09. The number of halogens is 1. The standard InChI is InChI=1S/C15H23BrN2O/c1-2-13(17)10-12-4-5-15(14(16)11-12)18-6-3-8-19-9-7-18/h4-5,11,13H,2-3,6-10,17H2,1H3. The van der Waals surface area contributed by atoms with Crippen molar-refractivity contribution in [1.29, 1.82) is 0 Å². The van der Waals surface area contributed by atoms with Crippen LogP contribution in [0.2, 0.25) is 0 Å². The summed E-state index contributed by atoms with van der Waals surface area (Å²) in [5.41, 5.74) is 8.58. The molecule has 1 aromatic rings. The summed E-state index contributed by atoms with van der Waals surface area (Å²) >= 11 is 3.70. The van der Waals surface area contributed by atoms with Crippen molar-refractivity contribution in [3.05, 3.63) is 28.2 Å². The third-order valence-electron chi connectivity index (χ3n) is 3.60. The fourth-order valence-electron chi connectivity index (χ4n) is 2.37. The van der Waals surface area contributed by atoms with Gasteiger partial charge in [0.2, 0.25) is 0 Å². The van der Waals surface area contributed by atoms with E-state index >= 15 is 0 Å². The Kier molecular flexibility index (Phi) is 5.67. The Morgan fingerprint density at radius 2 is 2.21 bits per heavy atom. The van der Waals surface area contributed by atoms with Crippen LogP contribution in [0.1, 0.15) is 25.3 Å². The van der Waals surface area contributed by atoms with Crippen molar-refractivity contribution in [3.8, 4) is 0 Å². The number of rotatable bonds is 4. The Morgan fingerprint density at radius 3 is 2.95 bits per heavy atom. The summed E-state index contributed by atoms with van der Waals surface area (Å²) in [4.78, 5) is 2.39. The second-order valence-electron chi connectivity index (χ2n) is 5.11. The molecule has 1 aromatic carbocycles. The molecule has 4 heteroatoms. The number of nitrogens with zero attached hydrogens (tertiary/aromatic N) is 1. The average Bonchev–Trinajstić information content (AvgIpc) is 2.67. The van der Waals surface area contributed by atoms with Crippen molar-refractivity contribution in [1.82, 2.24) is 0 Å². The van der Waals surface area contributed by atoms with Gasteiger partial charge < -0.3 is 15.4 Å². The lowest BCUT2D eigenvalue weighted by molar-refractivity contribution is 0.152. The molecule has 1 heterocycles. The molecule has 0 amide bonds. The minimum atomic E-state index is 0.254. The van der Waals surface area contributed by atoms with Crippen LogP contribution in [0.4, 0.5) is 5.69 Å². The van der Waals surface area contributed by atoms with Crippen LogP contribution < -0.4 is 10.6 Å². The monoisotopic (exact) mass is 326 g/mol. The molecule has 1 atom stereocenters. The molecule has 0 aliphatic carbocycles. The lowest BCUT2D eigenvalue weighted by Crippen LogP contribution is -2.26. The van der Waals surface area contributed by atoms with Gasteiger partial charge in [-0.25, -0.2) is 0 Å². The van der Waals surface area contributed by atoms with Crippen LogP contribution in [-0.4, -0.2) is 32.3 Å². The highest BCUT2D eigenvalue weighted by atomic mass is 79.9. The van der Waals surface area contributed by atoms with Crippen LogP contribution in [0.25, 0.3) is 0 Å². The van der Waals surface area contributed by atoms with Gasteiger partial charge in [0, 0.05) is 30.2 Å². The fraction of sp³-hybridized carbons (Fsp3) is 0.600. The molecule has 0 spiro atoms. The zero-order chi connectivity index (χ0) is 13.7. The normalized spacial score (nSPS) is 18.2. The van der Waals surface area contributed by atoms with Gasteiger partial charge in [0.1, 0.15) is 0 Å². The smallest absolute Gasteiger partial charge is 0.0641 e. The molecule has 0 radical (unpaired) electrons. The molecule has 1 saturated heterocycles. The summed E-state index contributed by atoms with van der Waals surface area (Å²) < 4.78 is 6.67. The van der Waals surface area contributed by atoms with Crippen molar-refractivity contribution in [3.63, 3.8) is 0 Å². The van der Waals surface area contributed by atoms with Gasteiger partial charge in [-0.15, -0.1) is 0 Å². The summed E-state index contributed by atoms with van der Waals surface area (Å²) in [6, 6.07) is 6.86. The predicted octanol–water partition coefficient (Wildman–Crippen LogP) is 2.96. The molecule has 106 valence electrons. The number of nitrogens with two attached hydrogens (primary N) is 1. The highest BCUT2D eigenvalue weighted by molar-refractivity contribution is 9.10. The number of hydrogen-bond acceptors (Lipinski definition) is 3. The van der Waals surface area contributed by atoms with E-state index in [-0.39, 0.29) is 6.04 Å². The molecule has 2 rings (SSSR count). The number of benzene rings is 1. The number of anilines is 1. The highest BCUT2D eigenvalue weighted by Gasteiger charge is 2.13. The van der Waals surface area contributed by atoms with Crippen LogP contribution in [0.5, 0.6) is 0 Å². The van der Waals surface area contributed by atoms with Gasteiger partial charge in [0.05, 0.1) is 12.3 Å². The average molecular weight is 327 g/mol. The van der Waals surface area contributed by atoms with Crippen LogP contribution in [0.15, 0.2) is 22.7 Å². The molecule has 0 bridgehead atoms. The number of ether oxygens (including phenoxy) is 1. The molecule has 0 aromatic heterocycles. The molecule has 19 heavy (non-hydrogen) atoms. The van der Waals surface area contributed by atoms with Gasteiger partial charge in [0.15, 0.2) is 0 Å². The first-order chi connectivity index (χ1) is 9.20. The second-order valence-corrected chi connectivity index (χ2v) is 5.97. The Labute approximate surface area is 124 Å². The topological polar surface area (TPSA) is 38.5 Å². The molecule has 1 aliphatic heterocycles. The van der Waals surface area contributed by atoms with Gasteiger partial charge >= 0.3 is 0 Å². The number of hydrogen-bond donors (Lipinski definition) is 1. The summed E-state index contributed by atoms with van der Waals surface area (Å²) in [7, 11) is 0. The maximum Gasteiger partial charge on any atom is 0.0641 e. The van der Waals surface area contributed by atoms with E-state index in [1.807, 2.05) is 0 Å². The van der Waals surface area contributed by atoms with E-state index in [2.05, 4.69) is 46.0 Å². The first-order valence-corrected chi connectivity index (χ1v) is 7.86. The van der Waals surface area contributed by atoms with E-state index in [1.165, 1.54) is 11.3 Å². The third kappa shape index (κ3) is 4.20. The van der Waals surface area contributed by atoms with Crippen molar-refractivity contribution < 1.29 is 4.74 Å². The Bertz CT molecular complexity index is 403. The van der Waals surface area contributed by atoms with E-state index in [4.69, 9.17) is 10.5 Å². The predicted molar refractivity (Wildman–Crippen MR) is 83.8 cm³/mol. The van der Waals surface area contributed by atoms with E-state index in [0.29, 0.717) is 0 Å². The summed E-state index contributed by atoms with van der Waals surface area (Å²) in [6.45, 7) is 5.84. The van der Waals surface area contributed by atoms with Gasteiger partial charge in [-0.1, -0.05) is 13.0 Å². The third-order valence-corrected chi connectivity index (χ3v) is 4.23. The highest BCUT2D eigenvalue weighted by Crippen LogP contribution is 2.28. The molecular formula is C15H23BrN2O. The molecule has 1 fully saturated rings. The van der Waals surface area contributed by atoms with E-state index in [0.717, 1.165) is 50.0 Å². The van der Waals surface area contributed by atoms with E-state index in [1.54, 1.807) is 0 Å². The molecule has 3 nitrogen and oxygen atoms in total. The Hall–Kier alpha value is -0.580. The maximum absolute atomic E-state index is 6.01. The van der Waals surface area contributed by atoms with Crippen molar-refractivity contribution in [2.45, 2.75) is 32.2 Å². The summed E-state index contributed by atoms with van der Waals surface area (Å²) in [5.74, 6) is 0. The zero-order valence-electron chi connectivity index (χ0n) is 11.6. The molecule has 1 aliphatic rings. The minimum absolute atomic E-state index is 0.254. The lowest BCUT2D eigenvalue weighted by atomic mass is 10.0. The quantitative estimate of drug-likeness (QED) is 0.924. The first kappa shape index (κ1) is 14.8. The molecule has 1 unspecified atom stereocenters. The van der Waals surface area contributed by atoms with Crippen LogP contribution in [-0.2, 0) is 11.2 Å². The Morgan fingerprint density at radius 1 is 1.37 bits per heavy atom. The minimum Gasteiger partial charge on any atom is -0.380 e. The molecule has 0 saturated carbocycles. The fourth-order valence-corrected chi connectivity index (χ4v) is 3.04.